The van der Waals surface area contributed by atoms with Gasteiger partial charge in [0, 0.05) is 34.7 Å². The molecular formula is C24H24FN3O2. The van der Waals surface area contributed by atoms with Crippen molar-refractivity contribution in [2.24, 2.45) is 11.1 Å². The van der Waals surface area contributed by atoms with Crippen molar-refractivity contribution in [3.8, 4) is 5.69 Å². The first-order valence-electron chi connectivity index (χ1n) is 9.86. The molecule has 0 atom stereocenters. The number of nitrogens with two attached hydrogens (primary N) is 1. The third-order valence-corrected chi connectivity index (χ3v) is 5.52. The summed E-state index contributed by atoms with van der Waals surface area (Å²) < 4.78 is 15.3. The van der Waals surface area contributed by atoms with Crippen LogP contribution in [0.15, 0.2) is 48.5 Å². The Morgan fingerprint density at radius 2 is 1.80 bits per heavy atom. The zero-order valence-corrected chi connectivity index (χ0v) is 17.3. The number of Topliss-reactive ketones (excluding diaryl/α,β-unsaturated/α-hetero) is 1. The molecule has 3 aromatic rings. The van der Waals surface area contributed by atoms with Crippen molar-refractivity contribution in [1.29, 1.82) is 0 Å². The third-order valence-electron chi connectivity index (χ3n) is 5.52. The van der Waals surface area contributed by atoms with Crippen molar-refractivity contribution in [3.05, 3.63) is 76.9 Å². The molecule has 1 heterocycles. The van der Waals surface area contributed by atoms with Crippen LogP contribution < -0.4 is 11.1 Å². The Morgan fingerprint density at radius 3 is 2.47 bits per heavy atom. The largest absolute Gasteiger partial charge is 0.366 e. The molecule has 1 aliphatic rings. The Labute approximate surface area is 174 Å². The van der Waals surface area contributed by atoms with E-state index in [9.17, 15) is 14.0 Å². The highest BCUT2D eigenvalue weighted by Crippen LogP contribution is 2.38. The lowest BCUT2D eigenvalue weighted by molar-refractivity contribution is 0.0910. The number of hydrogen-bond donors (Lipinski definition) is 2. The second-order valence-electron chi connectivity index (χ2n) is 8.65. The van der Waals surface area contributed by atoms with Crippen molar-refractivity contribution < 1.29 is 14.0 Å². The number of nitrogens with zero attached hydrogens (tertiary/aromatic N) is 1. The predicted octanol–water partition coefficient (Wildman–Crippen LogP) is 4.92. The van der Waals surface area contributed by atoms with Crippen molar-refractivity contribution in [2.45, 2.75) is 33.6 Å². The Balaban J connectivity index is 1.82. The molecular weight excluding hydrogens is 381 g/mol. The minimum absolute atomic E-state index is 0.116. The number of aryl methyl sites for hydroxylation is 1. The van der Waals surface area contributed by atoms with Crippen LogP contribution in [0.5, 0.6) is 0 Å². The van der Waals surface area contributed by atoms with E-state index >= 15 is 0 Å². The van der Waals surface area contributed by atoms with Crippen molar-refractivity contribution in [3.63, 3.8) is 0 Å². The van der Waals surface area contributed by atoms with E-state index in [0.29, 0.717) is 23.4 Å². The maximum atomic E-state index is 13.2. The van der Waals surface area contributed by atoms with Gasteiger partial charge in [-0.3, -0.25) is 9.59 Å². The summed E-state index contributed by atoms with van der Waals surface area (Å²) in [6.45, 7) is 6.16. The van der Waals surface area contributed by atoms with E-state index < -0.39 is 5.91 Å². The van der Waals surface area contributed by atoms with Crippen LogP contribution in [0.4, 0.5) is 15.8 Å². The number of carbonyl (C=O) groups is 2. The zero-order chi connectivity index (χ0) is 21.6. The van der Waals surface area contributed by atoms with E-state index in [1.807, 2.05) is 25.1 Å². The van der Waals surface area contributed by atoms with Crippen LogP contribution in [0, 0.1) is 18.2 Å². The molecule has 154 valence electrons. The SMILES string of the molecule is Cc1cc2c(n1-c1ccc(C(N)=O)c(Nc3ccc(F)cc3)c1)CC(C)(C)CC2=O. The number of aromatic nitrogens is 1. The number of carbonyl (C=O) groups excluding carboxylic acids is 2. The molecule has 0 spiro atoms. The topological polar surface area (TPSA) is 77.1 Å². The van der Waals surface area contributed by atoms with Gasteiger partial charge in [0.05, 0.1) is 11.3 Å². The molecule has 1 aliphatic carbocycles. The smallest absolute Gasteiger partial charge is 0.250 e. The maximum Gasteiger partial charge on any atom is 0.250 e. The minimum Gasteiger partial charge on any atom is -0.366 e. The Kier molecular flexibility index (Phi) is 4.73. The van der Waals surface area contributed by atoms with Gasteiger partial charge in [0.2, 0.25) is 0 Å². The highest BCUT2D eigenvalue weighted by molar-refractivity contribution is 6.00. The lowest BCUT2D eigenvalue weighted by atomic mass is 9.76. The molecule has 5 nitrogen and oxygen atoms in total. The molecule has 0 radical (unpaired) electrons. The number of benzene rings is 2. The average Bonchev–Trinajstić information content (AvgIpc) is 2.98. The molecule has 0 unspecified atom stereocenters. The zero-order valence-electron chi connectivity index (χ0n) is 17.3. The van der Waals surface area contributed by atoms with Crippen molar-refractivity contribution in [1.82, 2.24) is 4.57 Å². The van der Waals surface area contributed by atoms with Gasteiger partial charge in [-0.25, -0.2) is 4.39 Å². The quantitative estimate of drug-likeness (QED) is 0.647. The van der Waals surface area contributed by atoms with Gasteiger partial charge in [-0.1, -0.05) is 13.8 Å². The second-order valence-corrected chi connectivity index (χ2v) is 8.65. The summed E-state index contributed by atoms with van der Waals surface area (Å²) in [6.07, 6.45) is 1.31. The molecule has 6 heteroatoms. The van der Waals surface area contributed by atoms with Crippen LogP contribution in [0.1, 0.15) is 52.4 Å². The van der Waals surface area contributed by atoms with Crippen LogP contribution in [0.2, 0.25) is 0 Å². The summed E-state index contributed by atoms with van der Waals surface area (Å²) in [5.41, 5.74) is 10.5. The summed E-state index contributed by atoms with van der Waals surface area (Å²) in [5.74, 6) is -0.749. The molecule has 1 aromatic heterocycles. The number of nitrogens with one attached hydrogen (secondary N) is 1. The molecule has 0 saturated carbocycles. The lowest BCUT2D eigenvalue weighted by Crippen LogP contribution is -2.27. The van der Waals surface area contributed by atoms with Gasteiger partial charge in [-0.2, -0.15) is 0 Å². The fraction of sp³-hybridized carbons (Fsp3) is 0.250. The number of amides is 1. The van der Waals surface area contributed by atoms with Crippen LogP contribution >= 0.6 is 0 Å². The van der Waals surface area contributed by atoms with Gasteiger partial charge in [0.1, 0.15) is 5.82 Å². The Hall–Kier alpha value is -3.41. The first-order valence-corrected chi connectivity index (χ1v) is 9.86. The van der Waals surface area contributed by atoms with E-state index in [0.717, 1.165) is 29.1 Å². The van der Waals surface area contributed by atoms with Crippen LogP contribution in [-0.4, -0.2) is 16.3 Å². The highest BCUT2D eigenvalue weighted by atomic mass is 19.1. The number of hydrogen-bond acceptors (Lipinski definition) is 3. The Bertz CT molecular complexity index is 1160. The third kappa shape index (κ3) is 3.61. The number of primary amides is 1. The number of anilines is 2. The molecule has 3 N–H and O–H groups in total. The first-order chi connectivity index (χ1) is 14.1. The summed E-state index contributed by atoms with van der Waals surface area (Å²) >= 11 is 0. The average molecular weight is 405 g/mol. The van der Waals surface area contributed by atoms with E-state index in [1.54, 1.807) is 18.2 Å². The molecule has 0 bridgehead atoms. The predicted molar refractivity (Wildman–Crippen MR) is 115 cm³/mol. The van der Waals surface area contributed by atoms with Crippen molar-refractivity contribution in [2.75, 3.05) is 5.32 Å². The molecule has 0 fully saturated rings. The molecule has 0 aliphatic heterocycles. The number of fused-ring (bicyclic) bond motifs is 1. The molecule has 4 rings (SSSR count). The summed E-state index contributed by atoms with van der Waals surface area (Å²) in [5, 5.41) is 3.16. The lowest BCUT2D eigenvalue weighted by Gasteiger charge is -2.30. The standard InChI is InChI=1S/C24H24FN3O2/c1-14-10-19-21(12-24(2,3)13-22(19)29)28(14)17-8-9-18(23(26)30)20(11-17)27-16-6-4-15(25)5-7-16/h4-11,27H,12-13H2,1-3H3,(H2,26,30). The number of rotatable bonds is 4. The van der Waals surface area contributed by atoms with Gasteiger partial charge in [-0.05, 0) is 67.3 Å². The van der Waals surface area contributed by atoms with Crippen LogP contribution in [0.25, 0.3) is 5.69 Å². The molecule has 0 saturated heterocycles. The van der Waals surface area contributed by atoms with Gasteiger partial charge in [-0.15, -0.1) is 0 Å². The van der Waals surface area contributed by atoms with E-state index in [-0.39, 0.29) is 17.0 Å². The highest BCUT2D eigenvalue weighted by Gasteiger charge is 2.34. The summed E-state index contributed by atoms with van der Waals surface area (Å²) in [4.78, 5) is 24.6. The van der Waals surface area contributed by atoms with Gasteiger partial charge >= 0.3 is 0 Å². The first kappa shape index (κ1) is 19.9. The van der Waals surface area contributed by atoms with Gasteiger partial charge < -0.3 is 15.6 Å². The monoisotopic (exact) mass is 405 g/mol. The molecule has 1 amide bonds. The number of halogens is 1. The fourth-order valence-corrected chi connectivity index (χ4v) is 4.19. The summed E-state index contributed by atoms with van der Waals surface area (Å²) in [7, 11) is 0. The molecule has 30 heavy (non-hydrogen) atoms. The fourth-order valence-electron chi connectivity index (χ4n) is 4.19. The van der Waals surface area contributed by atoms with Gasteiger partial charge in [0.15, 0.2) is 5.78 Å². The van der Waals surface area contributed by atoms with Crippen LogP contribution in [0.3, 0.4) is 0 Å². The summed E-state index contributed by atoms with van der Waals surface area (Å²) in [6, 6.07) is 13.1. The van der Waals surface area contributed by atoms with Crippen molar-refractivity contribution >= 4 is 23.1 Å². The van der Waals surface area contributed by atoms with E-state index in [4.69, 9.17) is 5.73 Å². The molecule has 2 aromatic carbocycles. The van der Waals surface area contributed by atoms with E-state index in [2.05, 4.69) is 23.7 Å². The van der Waals surface area contributed by atoms with Gasteiger partial charge in [0.25, 0.3) is 5.91 Å². The van der Waals surface area contributed by atoms with E-state index in [1.165, 1.54) is 12.1 Å². The minimum atomic E-state index is -0.561. The second kappa shape index (κ2) is 7.13. The maximum absolute atomic E-state index is 13.2. The van der Waals surface area contributed by atoms with Crippen LogP contribution in [-0.2, 0) is 6.42 Å². The normalized spacial score (nSPS) is 15.0. The number of ketones is 1. The Morgan fingerprint density at radius 1 is 1.10 bits per heavy atom.